The van der Waals surface area contributed by atoms with Crippen molar-refractivity contribution in [1.29, 1.82) is 0 Å². The van der Waals surface area contributed by atoms with Gasteiger partial charge in [-0.05, 0) is 27.6 Å². The van der Waals surface area contributed by atoms with Gasteiger partial charge in [-0.1, -0.05) is 12.1 Å². The van der Waals surface area contributed by atoms with E-state index in [4.69, 9.17) is 9.47 Å². The molecule has 0 N–H and O–H groups in total. The fourth-order valence-electron chi connectivity index (χ4n) is 2.07. The van der Waals surface area contributed by atoms with Crippen LogP contribution in [-0.2, 0) is 20.8 Å². The van der Waals surface area contributed by atoms with E-state index in [-0.39, 0.29) is 11.8 Å². The fraction of sp³-hybridized carbons (Fsp3) is 0.462. The second-order valence-corrected chi connectivity index (χ2v) is 5.09. The van der Waals surface area contributed by atoms with Gasteiger partial charge in [-0.2, -0.15) is 0 Å². The molecule has 1 atom stereocenters. The number of benzene rings is 1. The molecule has 1 aromatic rings. The summed E-state index contributed by atoms with van der Waals surface area (Å²) in [5.74, 6) is -0.632. The molecule has 0 radical (unpaired) electrons. The van der Waals surface area contributed by atoms with Crippen LogP contribution in [-0.4, -0.2) is 43.8 Å². The van der Waals surface area contributed by atoms with E-state index in [9.17, 15) is 9.18 Å². The third-order valence-electron chi connectivity index (χ3n) is 3.12. The minimum Gasteiger partial charge on any atom is -0.468 e. The molecule has 0 amide bonds. The molecule has 1 heterocycles. The first-order chi connectivity index (χ1) is 9.13. The standard InChI is InChI=1S/C13H15BrFNO3/c1-18-13(17)11-8-19-6-5-16(11)7-9-3-2-4-10(15)12(9)14/h2-4,11H,5-8H2,1H3. The number of carbonyl (C=O) groups is 1. The number of ether oxygens (including phenoxy) is 2. The van der Waals surface area contributed by atoms with Crippen LogP contribution in [0.2, 0.25) is 0 Å². The highest BCUT2D eigenvalue weighted by Crippen LogP contribution is 2.23. The maximum absolute atomic E-state index is 13.5. The average Bonchev–Trinajstić information content (AvgIpc) is 2.43. The summed E-state index contributed by atoms with van der Waals surface area (Å²) in [6, 6.07) is 4.44. The maximum Gasteiger partial charge on any atom is 0.325 e. The van der Waals surface area contributed by atoms with Crippen LogP contribution in [0.3, 0.4) is 0 Å². The van der Waals surface area contributed by atoms with Crippen molar-refractivity contribution in [1.82, 2.24) is 4.90 Å². The van der Waals surface area contributed by atoms with Gasteiger partial charge >= 0.3 is 5.97 Å². The molecule has 1 aliphatic heterocycles. The zero-order valence-electron chi connectivity index (χ0n) is 10.6. The molecule has 6 heteroatoms. The van der Waals surface area contributed by atoms with Crippen LogP contribution in [0.25, 0.3) is 0 Å². The Kier molecular flexibility index (Phi) is 4.90. The molecule has 104 valence electrons. The second kappa shape index (κ2) is 6.45. The normalized spacial score (nSPS) is 20.3. The Morgan fingerprint density at radius 3 is 3.16 bits per heavy atom. The Hall–Kier alpha value is -0.980. The van der Waals surface area contributed by atoms with Crippen LogP contribution in [0.1, 0.15) is 5.56 Å². The van der Waals surface area contributed by atoms with Crippen LogP contribution in [0.15, 0.2) is 22.7 Å². The third-order valence-corrected chi connectivity index (χ3v) is 4.01. The molecule has 1 aliphatic rings. The van der Waals surface area contributed by atoms with Crippen molar-refractivity contribution in [2.45, 2.75) is 12.6 Å². The lowest BCUT2D eigenvalue weighted by Gasteiger charge is -2.33. The Balaban J connectivity index is 2.15. The van der Waals surface area contributed by atoms with Crippen molar-refractivity contribution in [3.8, 4) is 0 Å². The lowest BCUT2D eigenvalue weighted by Crippen LogP contribution is -2.49. The molecule has 1 unspecified atom stereocenters. The van der Waals surface area contributed by atoms with Crippen LogP contribution in [0.4, 0.5) is 4.39 Å². The zero-order chi connectivity index (χ0) is 13.8. The van der Waals surface area contributed by atoms with E-state index < -0.39 is 6.04 Å². The van der Waals surface area contributed by atoms with Gasteiger partial charge in [-0.15, -0.1) is 0 Å². The number of morpholine rings is 1. The Morgan fingerprint density at radius 1 is 1.63 bits per heavy atom. The van der Waals surface area contributed by atoms with Crippen LogP contribution in [0, 0.1) is 5.82 Å². The molecule has 0 aliphatic carbocycles. The number of hydrogen-bond donors (Lipinski definition) is 0. The van der Waals surface area contributed by atoms with Crippen molar-refractivity contribution in [3.05, 3.63) is 34.1 Å². The van der Waals surface area contributed by atoms with Gasteiger partial charge in [-0.25, -0.2) is 4.39 Å². The van der Waals surface area contributed by atoms with Crippen LogP contribution < -0.4 is 0 Å². The van der Waals surface area contributed by atoms with Crippen molar-refractivity contribution in [2.75, 3.05) is 26.9 Å². The van der Waals surface area contributed by atoms with E-state index in [0.29, 0.717) is 30.8 Å². The molecule has 19 heavy (non-hydrogen) atoms. The van der Waals surface area contributed by atoms with Crippen molar-refractivity contribution in [2.24, 2.45) is 0 Å². The topological polar surface area (TPSA) is 38.8 Å². The van der Waals surface area contributed by atoms with Gasteiger partial charge in [0.25, 0.3) is 0 Å². The number of hydrogen-bond acceptors (Lipinski definition) is 4. The monoisotopic (exact) mass is 331 g/mol. The third kappa shape index (κ3) is 3.32. The first-order valence-electron chi connectivity index (χ1n) is 5.96. The van der Waals surface area contributed by atoms with E-state index >= 15 is 0 Å². The van der Waals surface area contributed by atoms with Gasteiger partial charge in [0, 0.05) is 13.1 Å². The highest BCUT2D eigenvalue weighted by Gasteiger charge is 2.30. The summed E-state index contributed by atoms with van der Waals surface area (Å²) in [4.78, 5) is 13.6. The molecule has 4 nitrogen and oxygen atoms in total. The van der Waals surface area contributed by atoms with Gasteiger partial charge in [0.15, 0.2) is 0 Å². The summed E-state index contributed by atoms with van der Waals surface area (Å²) >= 11 is 3.23. The Labute approximate surface area is 119 Å². The summed E-state index contributed by atoms with van der Waals surface area (Å²) in [6.07, 6.45) is 0. The molecule has 1 aromatic carbocycles. The summed E-state index contributed by atoms with van der Waals surface area (Å²) in [5, 5.41) is 0. The minimum absolute atomic E-state index is 0.305. The summed E-state index contributed by atoms with van der Waals surface area (Å²) in [7, 11) is 1.35. The molecule has 0 spiro atoms. The van der Waals surface area contributed by atoms with Gasteiger partial charge < -0.3 is 9.47 Å². The molecule has 0 saturated carbocycles. The largest absolute Gasteiger partial charge is 0.468 e. The smallest absolute Gasteiger partial charge is 0.325 e. The van der Waals surface area contributed by atoms with Gasteiger partial charge in [0.1, 0.15) is 11.9 Å². The van der Waals surface area contributed by atoms with E-state index in [1.165, 1.54) is 13.2 Å². The summed E-state index contributed by atoms with van der Waals surface area (Å²) < 4.78 is 24.0. The van der Waals surface area contributed by atoms with E-state index in [1.54, 1.807) is 6.07 Å². The SMILES string of the molecule is COC(=O)C1COCCN1Cc1cccc(F)c1Br. The van der Waals surface area contributed by atoms with E-state index in [0.717, 1.165) is 5.56 Å². The molecule has 2 rings (SSSR count). The number of nitrogens with zero attached hydrogens (tertiary/aromatic N) is 1. The molecule has 1 fully saturated rings. The Bertz CT molecular complexity index is 469. The van der Waals surface area contributed by atoms with E-state index in [2.05, 4.69) is 15.9 Å². The number of halogens is 2. The quantitative estimate of drug-likeness (QED) is 0.794. The lowest BCUT2D eigenvalue weighted by molar-refractivity contribution is -0.153. The van der Waals surface area contributed by atoms with Crippen molar-refractivity contribution < 1.29 is 18.7 Å². The van der Waals surface area contributed by atoms with E-state index in [1.807, 2.05) is 11.0 Å². The lowest BCUT2D eigenvalue weighted by atomic mass is 10.1. The van der Waals surface area contributed by atoms with Gasteiger partial charge in [0.2, 0.25) is 0 Å². The molecular formula is C13H15BrFNO3. The molecular weight excluding hydrogens is 317 g/mol. The number of esters is 1. The highest BCUT2D eigenvalue weighted by molar-refractivity contribution is 9.10. The number of methoxy groups -OCH3 is 1. The first-order valence-corrected chi connectivity index (χ1v) is 6.75. The number of carbonyl (C=O) groups excluding carboxylic acids is 1. The van der Waals surface area contributed by atoms with Gasteiger partial charge in [-0.3, -0.25) is 9.69 Å². The van der Waals surface area contributed by atoms with Crippen molar-refractivity contribution in [3.63, 3.8) is 0 Å². The average molecular weight is 332 g/mol. The van der Waals surface area contributed by atoms with Gasteiger partial charge in [0.05, 0.1) is 24.8 Å². The summed E-state index contributed by atoms with van der Waals surface area (Å²) in [6.45, 7) is 1.95. The minimum atomic E-state index is -0.436. The fourth-order valence-corrected chi connectivity index (χ4v) is 2.46. The highest BCUT2D eigenvalue weighted by atomic mass is 79.9. The van der Waals surface area contributed by atoms with Crippen molar-refractivity contribution >= 4 is 21.9 Å². The molecule has 0 bridgehead atoms. The maximum atomic E-state index is 13.5. The second-order valence-electron chi connectivity index (χ2n) is 4.30. The first kappa shape index (κ1) is 14.4. The van der Waals surface area contributed by atoms with Crippen LogP contribution >= 0.6 is 15.9 Å². The molecule has 0 aromatic heterocycles. The zero-order valence-corrected chi connectivity index (χ0v) is 12.2. The molecule has 1 saturated heterocycles. The number of rotatable bonds is 3. The predicted molar refractivity (Wildman–Crippen MR) is 71.1 cm³/mol. The van der Waals surface area contributed by atoms with Crippen LogP contribution in [0.5, 0.6) is 0 Å². The predicted octanol–water partition coefficient (Wildman–Crippen LogP) is 1.96. The summed E-state index contributed by atoms with van der Waals surface area (Å²) in [5.41, 5.74) is 0.802. The Morgan fingerprint density at radius 2 is 2.42 bits per heavy atom.